The van der Waals surface area contributed by atoms with Crippen molar-refractivity contribution < 1.29 is 0 Å². The highest BCUT2D eigenvalue weighted by molar-refractivity contribution is 5.96. The largest absolute Gasteiger partial charge is 0.0654 e. The van der Waals surface area contributed by atoms with Crippen LogP contribution in [0.15, 0.2) is 109 Å². The van der Waals surface area contributed by atoms with Crippen LogP contribution in [0.3, 0.4) is 0 Å². The van der Waals surface area contributed by atoms with Gasteiger partial charge in [-0.25, -0.2) is 0 Å². The Hall–Kier alpha value is -3.90. The minimum atomic E-state index is 1.10. The van der Waals surface area contributed by atoms with Gasteiger partial charge in [-0.1, -0.05) is 163 Å². The quantitative estimate of drug-likeness (QED) is 0.105. The van der Waals surface area contributed by atoms with Crippen LogP contribution in [0.5, 0.6) is 0 Å². The van der Waals surface area contributed by atoms with Gasteiger partial charge in [0.05, 0.1) is 0 Å². The van der Waals surface area contributed by atoms with Crippen molar-refractivity contribution in [3.8, 4) is 44.5 Å². The van der Waals surface area contributed by atoms with E-state index >= 15 is 0 Å². The van der Waals surface area contributed by atoms with Gasteiger partial charge in [0.15, 0.2) is 0 Å². The fraction of sp³-hybridized carbons (Fsp3) is 0.348. The van der Waals surface area contributed by atoms with Gasteiger partial charge >= 0.3 is 0 Å². The normalized spacial score (nSPS) is 11.2. The van der Waals surface area contributed by atoms with Gasteiger partial charge in [0, 0.05) is 0 Å². The van der Waals surface area contributed by atoms with Gasteiger partial charge < -0.3 is 0 Å². The number of rotatable bonds is 16. The van der Waals surface area contributed by atoms with Crippen molar-refractivity contribution in [1.82, 2.24) is 0 Å². The molecule has 238 valence electrons. The summed E-state index contributed by atoms with van der Waals surface area (Å²) in [5, 5.41) is 0. The van der Waals surface area contributed by atoms with Crippen LogP contribution in [0.25, 0.3) is 44.5 Å². The van der Waals surface area contributed by atoms with Crippen molar-refractivity contribution in [2.45, 2.75) is 105 Å². The molecule has 0 radical (unpaired) electrons. The number of unbranched alkanes of at least 4 members (excludes halogenated alkanes) is 4. The summed E-state index contributed by atoms with van der Waals surface area (Å²) in [6, 6.07) is 42.0. The van der Waals surface area contributed by atoms with Gasteiger partial charge in [0.25, 0.3) is 0 Å². The second kappa shape index (κ2) is 17.1. The highest BCUT2D eigenvalue weighted by Gasteiger charge is 2.18. The molecule has 0 atom stereocenters. The Morgan fingerprint density at radius 3 is 1.41 bits per heavy atom. The van der Waals surface area contributed by atoms with Crippen LogP contribution in [0, 0.1) is 0 Å². The smallest absolute Gasteiger partial charge is 0.00730 e. The van der Waals surface area contributed by atoms with Crippen LogP contribution in [-0.4, -0.2) is 0 Å². The molecule has 0 aromatic heterocycles. The van der Waals surface area contributed by atoms with Crippen LogP contribution in [-0.2, 0) is 25.7 Å². The minimum absolute atomic E-state index is 1.10. The van der Waals surface area contributed by atoms with E-state index in [1.807, 2.05) is 0 Å². The average molecular weight is 607 g/mol. The summed E-state index contributed by atoms with van der Waals surface area (Å²) in [5.74, 6) is 0. The van der Waals surface area contributed by atoms with Crippen molar-refractivity contribution in [3.05, 3.63) is 131 Å². The molecule has 0 bridgehead atoms. The number of aryl methyl sites for hydroxylation is 4. The zero-order valence-electron chi connectivity index (χ0n) is 28.9. The van der Waals surface area contributed by atoms with Gasteiger partial charge in [-0.15, -0.1) is 0 Å². The number of hydrogen-bond acceptors (Lipinski definition) is 0. The fourth-order valence-electron chi connectivity index (χ4n) is 6.90. The molecule has 0 aliphatic carbocycles. The molecule has 5 rings (SSSR count). The predicted molar refractivity (Wildman–Crippen MR) is 203 cm³/mol. The third-order valence-electron chi connectivity index (χ3n) is 9.42. The Labute approximate surface area is 279 Å². The molecule has 0 heteroatoms. The zero-order valence-corrected chi connectivity index (χ0v) is 28.9. The third-order valence-corrected chi connectivity index (χ3v) is 9.42. The summed E-state index contributed by atoms with van der Waals surface area (Å²) in [4.78, 5) is 0. The summed E-state index contributed by atoms with van der Waals surface area (Å²) in [6.07, 6.45) is 14.3. The highest BCUT2D eigenvalue weighted by atomic mass is 14.2. The molecule has 0 fully saturated rings. The first-order chi connectivity index (χ1) is 22.7. The van der Waals surface area contributed by atoms with Gasteiger partial charge in [0.1, 0.15) is 0 Å². The van der Waals surface area contributed by atoms with E-state index in [-0.39, 0.29) is 0 Å². The van der Waals surface area contributed by atoms with Gasteiger partial charge in [-0.2, -0.15) is 0 Å². The summed E-state index contributed by atoms with van der Waals surface area (Å²) in [6.45, 7) is 9.17. The first-order valence-corrected chi connectivity index (χ1v) is 18.2. The van der Waals surface area contributed by atoms with Crippen molar-refractivity contribution in [2.24, 2.45) is 0 Å². The molecule has 0 nitrogen and oxygen atoms in total. The standard InChI is InChI=1S/C46H54/c1-5-9-19-35-22-17-25-39(32-35)46-38(23-12-8-4)24-18-30-45(46)44-29-16-15-28-43(44)42-27-14-13-26-41(42)40-33-36(20-10-6-2)31-37(34-40)21-11-7-3/h13-18,22,24-34H,5-12,19-21,23H2,1-4H3. The highest BCUT2D eigenvalue weighted by Crippen LogP contribution is 2.43. The molecule has 0 saturated carbocycles. The maximum atomic E-state index is 2.47. The van der Waals surface area contributed by atoms with E-state index < -0.39 is 0 Å². The molecule has 0 heterocycles. The minimum Gasteiger partial charge on any atom is -0.0654 e. The Morgan fingerprint density at radius 1 is 0.348 bits per heavy atom. The molecule has 5 aromatic carbocycles. The number of hydrogen-bond donors (Lipinski definition) is 0. The van der Waals surface area contributed by atoms with Gasteiger partial charge in [-0.3, -0.25) is 0 Å². The summed E-state index contributed by atoms with van der Waals surface area (Å²) in [7, 11) is 0. The van der Waals surface area contributed by atoms with Gasteiger partial charge in [0.2, 0.25) is 0 Å². The van der Waals surface area contributed by atoms with Crippen LogP contribution >= 0.6 is 0 Å². The Bertz CT molecular complexity index is 1660. The lowest BCUT2D eigenvalue weighted by atomic mass is 9.83. The second-order valence-corrected chi connectivity index (χ2v) is 13.1. The maximum Gasteiger partial charge on any atom is -0.00730 e. The average Bonchev–Trinajstić information content (AvgIpc) is 3.11. The number of benzene rings is 5. The van der Waals surface area contributed by atoms with E-state index in [0.29, 0.717) is 0 Å². The van der Waals surface area contributed by atoms with E-state index in [9.17, 15) is 0 Å². The first kappa shape index (κ1) is 33.5. The van der Waals surface area contributed by atoms with E-state index in [1.165, 1.54) is 118 Å². The molecular weight excluding hydrogens is 553 g/mol. The van der Waals surface area contributed by atoms with E-state index in [2.05, 4.69) is 137 Å². The van der Waals surface area contributed by atoms with Crippen LogP contribution in [0.4, 0.5) is 0 Å². The monoisotopic (exact) mass is 606 g/mol. The van der Waals surface area contributed by atoms with Crippen molar-refractivity contribution >= 4 is 0 Å². The summed E-state index contributed by atoms with van der Waals surface area (Å²) < 4.78 is 0. The summed E-state index contributed by atoms with van der Waals surface area (Å²) >= 11 is 0. The lowest BCUT2D eigenvalue weighted by Gasteiger charge is -2.20. The predicted octanol–water partition coefficient (Wildman–Crippen LogP) is 13.7. The fourth-order valence-corrected chi connectivity index (χ4v) is 6.90. The maximum absolute atomic E-state index is 2.47. The van der Waals surface area contributed by atoms with Gasteiger partial charge in [-0.05, 0) is 118 Å². The molecule has 0 spiro atoms. The Morgan fingerprint density at radius 2 is 0.804 bits per heavy atom. The molecule has 0 amide bonds. The third kappa shape index (κ3) is 8.27. The lowest BCUT2D eigenvalue weighted by Crippen LogP contribution is -1.97. The van der Waals surface area contributed by atoms with E-state index in [0.717, 1.165) is 25.7 Å². The topological polar surface area (TPSA) is 0 Å². The van der Waals surface area contributed by atoms with E-state index in [4.69, 9.17) is 0 Å². The SMILES string of the molecule is CCCCc1cc(CCCC)cc(-c2ccccc2-c2ccccc2-c2cccc(CCCC)c2-c2cccc(CCCC)c2)c1. The van der Waals surface area contributed by atoms with Crippen LogP contribution < -0.4 is 0 Å². The molecular formula is C46H54. The molecule has 0 aliphatic heterocycles. The zero-order chi connectivity index (χ0) is 32.1. The molecule has 46 heavy (non-hydrogen) atoms. The molecule has 0 aliphatic rings. The molecule has 5 aromatic rings. The lowest BCUT2D eigenvalue weighted by molar-refractivity contribution is 0.781. The van der Waals surface area contributed by atoms with Crippen LogP contribution in [0.2, 0.25) is 0 Å². The summed E-state index contributed by atoms with van der Waals surface area (Å²) in [5.41, 5.74) is 16.6. The van der Waals surface area contributed by atoms with E-state index in [1.54, 1.807) is 0 Å². The van der Waals surface area contributed by atoms with Crippen LogP contribution in [0.1, 0.15) is 101 Å². The second-order valence-electron chi connectivity index (χ2n) is 13.1. The van der Waals surface area contributed by atoms with Crippen molar-refractivity contribution in [2.75, 3.05) is 0 Å². The molecule has 0 unspecified atom stereocenters. The molecule has 0 saturated heterocycles. The Balaban J connectivity index is 1.68. The Kier molecular flexibility index (Phi) is 12.5. The van der Waals surface area contributed by atoms with Crippen molar-refractivity contribution in [3.63, 3.8) is 0 Å². The van der Waals surface area contributed by atoms with Crippen molar-refractivity contribution in [1.29, 1.82) is 0 Å². The molecule has 0 N–H and O–H groups in total. The first-order valence-electron chi connectivity index (χ1n) is 18.2.